The van der Waals surface area contributed by atoms with Gasteiger partial charge in [0.25, 0.3) is 0 Å². The van der Waals surface area contributed by atoms with Gasteiger partial charge in [0, 0.05) is 29.6 Å². The molecule has 134 valence electrons. The first-order valence-electron chi connectivity index (χ1n) is 8.65. The summed E-state index contributed by atoms with van der Waals surface area (Å²) in [6.07, 6.45) is 3.72. The molecule has 0 aliphatic carbocycles. The van der Waals surface area contributed by atoms with Crippen molar-refractivity contribution in [3.05, 3.63) is 71.9 Å². The third-order valence-corrected chi connectivity index (χ3v) is 4.61. The molecule has 0 aliphatic heterocycles. The van der Waals surface area contributed by atoms with Crippen molar-refractivity contribution in [2.45, 2.75) is 31.7 Å². The molecular weight excluding hydrogens is 330 g/mol. The van der Waals surface area contributed by atoms with Crippen LogP contribution in [0.5, 0.6) is 0 Å². The number of carboxylic acids is 2. The fourth-order valence-corrected chi connectivity index (χ4v) is 3.39. The second-order valence-corrected chi connectivity index (χ2v) is 6.40. The molecule has 3 rings (SSSR count). The minimum Gasteiger partial charge on any atom is -0.481 e. The maximum Gasteiger partial charge on any atom is 0.337 e. The van der Waals surface area contributed by atoms with Crippen LogP contribution in [0.15, 0.2) is 60.8 Å². The summed E-state index contributed by atoms with van der Waals surface area (Å²) >= 11 is 0. The molecular formula is C21H21NO4. The number of aromatic carboxylic acids is 1. The van der Waals surface area contributed by atoms with Gasteiger partial charge in [-0.2, -0.15) is 0 Å². The lowest BCUT2D eigenvalue weighted by Gasteiger charge is -2.20. The molecule has 2 N–H and O–H groups in total. The molecule has 1 unspecified atom stereocenters. The normalized spacial score (nSPS) is 12.2. The molecule has 0 spiro atoms. The Morgan fingerprint density at radius 1 is 0.962 bits per heavy atom. The molecule has 0 radical (unpaired) electrons. The molecule has 1 heterocycles. The van der Waals surface area contributed by atoms with Crippen molar-refractivity contribution in [2.24, 2.45) is 0 Å². The van der Waals surface area contributed by atoms with E-state index >= 15 is 0 Å². The Kier molecular flexibility index (Phi) is 5.37. The van der Waals surface area contributed by atoms with Crippen molar-refractivity contribution in [2.75, 3.05) is 0 Å². The summed E-state index contributed by atoms with van der Waals surface area (Å²) < 4.78 is 1.99. The van der Waals surface area contributed by atoms with E-state index in [9.17, 15) is 14.7 Å². The van der Waals surface area contributed by atoms with E-state index in [0.717, 1.165) is 17.5 Å². The summed E-state index contributed by atoms with van der Waals surface area (Å²) in [4.78, 5) is 22.5. The van der Waals surface area contributed by atoms with Gasteiger partial charge in [-0.05, 0) is 30.9 Å². The standard InChI is InChI=1S/C21H21NO4/c23-20(24)12-6-9-16(13-15-7-2-1-3-8-15)22-14-18(21(25)26)17-10-4-5-11-19(17)22/h1-5,7-8,10-11,14,16H,6,9,12-13H2,(H,23,24)(H,25,26). The van der Waals surface area contributed by atoms with Crippen LogP contribution in [0.4, 0.5) is 0 Å². The fraction of sp³-hybridized carbons (Fsp3) is 0.238. The van der Waals surface area contributed by atoms with Crippen molar-refractivity contribution < 1.29 is 19.8 Å². The number of rotatable bonds is 8. The summed E-state index contributed by atoms with van der Waals surface area (Å²) in [5, 5.41) is 19.2. The number of aromatic nitrogens is 1. The summed E-state index contributed by atoms with van der Waals surface area (Å²) in [6, 6.07) is 17.4. The Morgan fingerprint density at radius 3 is 2.35 bits per heavy atom. The van der Waals surface area contributed by atoms with E-state index < -0.39 is 11.9 Å². The van der Waals surface area contributed by atoms with Gasteiger partial charge in [0.2, 0.25) is 0 Å². The predicted molar refractivity (Wildman–Crippen MR) is 99.6 cm³/mol. The van der Waals surface area contributed by atoms with Gasteiger partial charge in [0.15, 0.2) is 0 Å². The van der Waals surface area contributed by atoms with Gasteiger partial charge in [0.1, 0.15) is 0 Å². The van der Waals surface area contributed by atoms with E-state index in [1.165, 1.54) is 0 Å². The zero-order valence-electron chi connectivity index (χ0n) is 14.3. The number of nitrogens with zero attached hydrogens (tertiary/aromatic N) is 1. The Labute approximate surface area is 151 Å². The van der Waals surface area contributed by atoms with Crippen molar-refractivity contribution in [1.29, 1.82) is 0 Å². The number of hydrogen-bond acceptors (Lipinski definition) is 2. The van der Waals surface area contributed by atoms with E-state index in [-0.39, 0.29) is 18.0 Å². The van der Waals surface area contributed by atoms with Gasteiger partial charge >= 0.3 is 11.9 Å². The van der Waals surface area contributed by atoms with Crippen LogP contribution in [-0.4, -0.2) is 26.7 Å². The van der Waals surface area contributed by atoms with Crippen molar-refractivity contribution in [3.63, 3.8) is 0 Å². The molecule has 2 aromatic carbocycles. The molecule has 3 aromatic rings. The van der Waals surface area contributed by atoms with Crippen molar-refractivity contribution in [3.8, 4) is 0 Å². The van der Waals surface area contributed by atoms with E-state index in [4.69, 9.17) is 5.11 Å². The van der Waals surface area contributed by atoms with Crippen LogP contribution in [0, 0.1) is 0 Å². The lowest BCUT2D eigenvalue weighted by Crippen LogP contribution is -2.12. The average molecular weight is 351 g/mol. The van der Waals surface area contributed by atoms with Crippen LogP contribution in [0.3, 0.4) is 0 Å². The summed E-state index contributed by atoms with van der Waals surface area (Å²) in [6.45, 7) is 0. The minimum atomic E-state index is -0.955. The SMILES string of the molecule is O=C(O)CCCC(Cc1ccccc1)n1cc(C(=O)O)c2ccccc21. The summed E-state index contributed by atoms with van der Waals surface area (Å²) in [5.74, 6) is -1.77. The topological polar surface area (TPSA) is 79.5 Å². The van der Waals surface area contributed by atoms with E-state index in [2.05, 4.69) is 0 Å². The van der Waals surface area contributed by atoms with Crippen LogP contribution in [-0.2, 0) is 11.2 Å². The number of fused-ring (bicyclic) bond motifs is 1. The molecule has 1 atom stereocenters. The van der Waals surface area contributed by atoms with Crippen LogP contribution in [0.1, 0.15) is 41.2 Å². The molecule has 1 aromatic heterocycles. The maximum absolute atomic E-state index is 11.6. The van der Waals surface area contributed by atoms with Gasteiger partial charge in [-0.3, -0.25) is 4.79 Å². The lowest BCUT2D eigenvalue weighted by molar-refractivity contribution is -0.137. The first-order valence-corrected chi connectivity index (χ1v) is 8.65. The highest BCUT2D eigenvalue weighted by Crippen LogP contribution is 2.29. The van der Waals surface area contributed by atoms with Crippen LogP contribution >= 0.6 is 0 Å². The zero-order valence-corrected chi connectivity index (χ0v) is 14.3. The molecule has 0 fully saturated rings. The van der Waals surface area contributed by atoms with E-state index in [1.54, 1.807) is 6.20 Å². The second-order valence-electron chi connectivity index (χ2n) is 6.40. The lowest BCUT2D eigenvalue weighted by atomic mass is 10.0. The van der Waals surface area contributed by atoms with Gasteiger partial charge in [-0.15, -0.1) is 0 Å². The number of aliphatic carboxylic acids is 1. The molecule has 0 saturated carbocycles. The predicted octanol–water partition coefficient (Wildman–Crippen LogP) is 4.38. The molecule has 0 amide bonds. The van der Waals surface area contributed by atoms with E-state index in [1.807, 2.05) is 59.2 Å². The van der Waals surface area contributed by atoms with Gasteiger partial charge in [-0.1, -0.05) is 48.5 Å². The highest BCUT2D eigenvalue weighted by Gasteiger charge is 2.20. The van der Waals surface area contributed by atoms with Crippen molar-refractivity contribution in [1.82, 2.24) is 4.57 Å². The molecule has 0 aliphatic rings. The number of carboxylic acid groups (broad SMARTS) is 2. The zero-order chi connectivity index (χ0) is 18.5. The van der Waals surface area contributed by atoms with E-state index in [0.29, 0.717) is 18.2 Å². The monoisotopic (exact) mass is 351 g/mol. The Morgan fingerprint density at radius 2 is 1.65 bits per heavy atom. The van der Waals surface area contributed by atoms with Gasteiger partial charge in [0.05, 0.1) is 5.56 Å². The summed E-state index contributed by atoms with van der Waals surface area (Å²) in [5.41, 5.74) is 2.28. The number of para-hydroxylation sites is 1. The number of hydrogen-bond donors (Lipinski definition) is 2. The Balaban J connectivity index is 1.99. The van der Waals surface area contributed by atoms with Gasteiger partial charge < -0.3 is 14.8 Å². The molecule has 26 heavy (non-hydrogen) atoms. The molecule has 5 nitrogen and oxygen atoms in total. The van der Waals surface area contributed by atoms with Crippen LogP contribution < -0.4 is 0 Å². The maximum atomic E-state index is 11.6. The first kappa shape index (κ1) is 17.7. The largest absolute Gasteiger partial charge is 0.481 e. The Hall–Kier alpha value is -3.08. The smallest absolute Gasteiger partial charge is 0.337 e. The third kappa shape index (κ3) is 3.94. The molecule has 0 saturated heterocycles. The average Bonchev–Trinajstić information content (AvgIpc) is 3.01. The second kappa shape index (κ2) is 7.87. The summed E-state index contributed by atoms with van der Waals surface area (Å²) in [7, 11) is 0. The van der Waals surface area contributed by atoms with Crippen LogP contribution in [0.25, 0.3) is 10.9 Å². The highest BCUT2D eigenvalue weighted by atomic mass is 16.4. The fourth-order valence-electron chi connectivity index (χ4n) is 3.39. The number of carbonyl (C=O) groups is 2. The molecule has 5 heteroatoms. The minimum absolute atomic E-state index is 0.00486. The quantitative estimate of drug-likeness (QED) is 0.631. The third-order valence-electron chi connectivity index (χ3n) is 4.61. The highest BCUT2D eigenvalue weighted by molar-refractivity contribution is 6.03. The van der Waals surface area contributed by atoms with Gasteiger partial charge in [-0.25, -0.2) is 4.79 Å². The first-order chi connectivity index (χ1) is 12.6. The van der Waals surface area contributed by atoms with Crippen molar-refractivity contribution >= 4 is 22.8 Å². The molecule has 0 bridgehead atoms. The Bertz CT molecular complexity index is 914. The number of benzene rings is 2. The van der Waals surface area contributed by atoms with Crippen LogP contribution in [0.2, 0.25) is 0 Å².